The van der Waals surface area contributed by atoms with Gasteiger partial charge in [-0.2, -0.15) is 0 Å². The molecule has 1 aromatic carbocycles. The van der Waals surface area contributed by atoms with Crippen molar-refractivity contribution in [2.24, 2.45) is 5.73 Å². The summed E-state index contributed by atoms with van der Waals surface area (Å²) < 4.78 is 0. The molecule has 1 aliphatic rings. The number of nitrogens with one attached hydrogen (secondary N) is 1. The minimum atomic E-state index is 0.0190. The smallest absolute Gasteiger partial charge is 0.318 e. The van der Waals surface area contributed by atoms with Gasteiger partial charge in [-0.05, 0) is 37.4 Å². The number of aryl methyl sites for hydroxylation is 1. The second-order valence-electron chi connectivity index (χ2n) is 5.18. The van der Waals surface area contributed by atoms with Crippen LogP contribution in [0.4, 0.5) is 4.79 Å². The van der Waals surface area contributed by atoms with Crippen LogP contribution in [0.25, 0.3) is 0 Å². The van der Waals surface area contributed by atoms with Gasteiger partial charge in [-0.1, -0.05) is 31.2 Å². The van der Waals surface area contributed by atoms with E-state index in [2.05, 4.69) is 43.4 Å². The summed E-state index contributed by atoms with van der Waals surface area (Å²) in [6.07, 6.45) is 1.88. The summed E-state index contributed by atoms with van der Waals surface area (Å²) in [5.74, 6) is 0. The van der Waals surface area contributed by atoms with Gasteiger partial charge in [-0.3, -0.25) is 0 Å². The molecule has 4 nitrogen and oxygen atoms in total. The molecule has 104 valence electrons. The summed E-state index contributed by atoms with van der Waals surface area (Å²) in [5, 5.41) is 3.04. The maximum absolute atomic E-state index is 12.0. The third-order valence-electron chi connectivity index (χ3n) is 3.84. The lowest BCUT2D eigenvalue weighted by atomic mass is 10.0. The van der Waals surface area contributed by atoms with Crippen molar-refractivity contribution in [1.82, 2.24) is 10.2 Å². The van der Waals surface area contributed by atoms with Crippen LogP contribution < -0.4 is 11.1 Å². The van der Waals surface area contributed by atoms with Gasteiger partial charge in [-0.15, -0.1) is 0 Å². The molecule has 0 aromatic heterocycles. The zero-order valence-electron chi connectivity index (χ0n) is 11.7. The summed E-state index contributed by atoms with van der Waals surface area (Å²) in [5.41, 5.74) is 8.06. The van der Waals surface area contributed by atoms with Crippen LogP contribution in [0.3, 0.4) is 0 Å². The zero-order valence-corrected chi connectivity index (χ0v) is 11.7. The van der Waals surface area contributed by atoms with E-state index < -0.39 is 0 Å². The monoisotopic (exact) mass is 261 g/mol. The number of nitrogens with zero attached hydrogens (tertiary/aromatic N) is 1. The molecule has 4 heteroatoms. The molecular weight excluding hydrogens is 238 g/mol. The van der Waals surface area contributed by atoms with Crippen LogP contribution in [0, 0.1) is 0 Å². The van der Waals surface area contributed by atoms with Crippen molar-refractivity contribution >= 4 is 6.03 Å². The Morgan fingerprint density at radius 1 is 1.42 bits per heavy atom. The fourth-order valence-electron chi connectivity index (χ4n) is 2.51. The van der Waals surface area contributed by atoms with Gasteiger partial charge in [0, 0.05) is 12.6 Å². The van der Waals surface area contributed by atoms with Gasteiger partial charge in [-0.25, -0.2) is 4.79 Å². The summed E-state index contributed by atoms with van der Waals surface area (Å²) in [6.45, 7) is 5.53. The number of rotatable bonds is 5. The fraction of sp³-hybridized carbons (Fsp3) is 0.533. The summed E-state index contributed by atoms with van der Waals surface area (Å²) in [6, 6.07) is 8.80. The molecule has 0 bridgehead atoms. The van der Waals surface area contributed by atoms with Crippen LogP contribution in [0.2, 0.25) is 0 Å². The number of urea groups is 1. The number of hydrogen-bond donors (Lipinski definition) is 2. The topological polar surface area (TPSA) is 58.4 Å². The van der Waals surface area contributed by atoms with E-state index >= 15 is 0 Å². The molecule has 0 saturated carbocycles. The third-order valence-corrected chi connectivity index (χ3v) is 3.84. The fourth-order valence-corrected chi connectivity index (χ4v) is 2.51. The highest BCUT2D eigenvalue weighted by Crippen LogP contribution is 2.23. The quantitative estimate of drug-likeness (QED) is 0.852. The minimum Gasteiger partial charge on any atom is -0.330 e. The second kappa shape index (κ2) is 6.06. The van der Waals surface area contributed by atoms with Crippen molar-refractivity contribution < 1.29 is 4.79 Å². The molecule has 2 amide bonds. The molecule has 2 atom stereocenters. The molecule has 0 aliphatic carbocycles. The van der Waals surface area contributed by atoms with Crippen molar-refractivity contribution in [3.63, 3.8) is 0 Å². The first-order valence-corrected chi connectivity index (χ1v) is 7.01. The Labute approximate surface area is 115 Å². The van der Waals surface area contributed by atoms with Crippen molar-refractivity contribution in [2.45, 2.75) is 38.8 Å². The SMILES string of the molecule is CCc1ccc(C2CN(C(C)CCN)C(=O)N2)cc1. The Morgan fingerprint density at radius 2 is 2.11 bits per heavy atom. The standard InChI is InChI=1S/C15H23N3O/c1-3-12-4-6-13(7-5-12)14-10-18(15(19)17-14)11(2)8-9-16/h4-7,11,14H,3,8-10,16H2,1-2H3,(H,17,19). The van der Waals surface area contributed by atoms with Gasteiger partial charge >= 0.3 is 6.03 Å². The first kappa shape index (κ1) is 13.9. The van der Waals surface area contributed by atoms with Gasteiger partial charge in [0.1, 0.15) is 0 Å². The van der Waals surface area contributed by atoms with Crippen LogP contribution in [0.15, 0.2) is 24.3 Å². The van der Waals surface area contributed by atoms with E-state index in [1.807, 2.05) is 4.90 Å². The van der Waals surface area contributed by atoms with E-state index in [-0.39, 0.29) is 18.1 Å². The Bertz CT molecular complexity index is 430. The van der Waals surface area contributed by atoms with Crippen LogP contribution >= 0.6 is 0 Å². The molecule has 1 heterocycles. The molecule has 19 heavy (non-hydrogen) atoms. The molecule has 1 fully saturated rings. The molecular formula is C15H23N3O. The van der Waals surface area contributed by atoms with E-state index in [4.69, 9.17) is 5.73 Å². The Hall–Kier alpha value is -1.55. The molecule has 1 aliphatic heterocycles. The van der Waals surface area contributed by atoms with Crippen molar-refractivity contribution in [3.05, 3.63) is 35.4 Å². The maximum Gasteiger partial charge on any atom is 0.318 e. The summed E-state index contributed by atoms with van der Waals surface area (Å²) >= 11 is 0. The highest BCUT2D eigenvalue weighted by molar-refractivity contribution is 5.77. The van der Waals surface area contributed by atoms with Gasteiger partial charge in [0.2, 0.25) is 0 Å². The number of carbonyl (C=O) groups is 1. The lowest BCUT2D eigenvalue weighted by molar-refractivity contribution is 0.199. The molecule has 2 rings (SSSR count). The first-order valence-electron chi connectivity index (χ1n) is 7.01. The Kier molecular flexibility index (Phi) is 4.43. The molecule has 1 aromatic rings. The van der Waals surface area contributed by atoms with Gasteiger partial charge in [0.25, 0.3) is 0 Å². The predicted octanol–water partition coefficient (Wildman–Crippen LogP) is 2.05. The lowest BCUT2D eigenvalue weighted by Gasteiger charge is -2.22. The number of hydrogen-bond acceptors (Lipinski definition) is 2. The van der Waals surface area contributed by atoms with Crippen LogP contribution in [0.1, 0.15) is 37.4 Å². The Balaban J connectivity index is 2.05. The minimum absolute atomic E-state index is 0.0190. The molecule has 0 spiro atoms. The van der Waals surface area contributed by atoms with E-state index in [1.54, 1.807) is 0 Å². The van der Waals surface area contributed by atoms with E-state index in [9.17, 15) is 4.79 Å². The summed E-state index contributed by atoms with van der Waals surface area (Å²) in [4.78, 5) is 13.9. The zero-order chi connectivity index (χ0) is 13.8. The molecule has 2 unspecified atom stereocenters. The van der Waals surface area contributed by atoms with E-state index in [0.29, 0.717) is 6.54 Å². The van der Waals surface area contributed by atoms with Gasteiger partial charge in [0.05, 0.1) is 6.04 Å². The number of carbonyl (C=O) groups excluding carboxylic acids is 1. The molecule has 3 N–H and O–H groups in total. The number of nitrogens with two attached hydrogens (primary N) is 1. The number of amides is 2. The molecule has 1 saturated heterocycles. The van der Waals surface area contributed by atoms with Crippen LogP contribution in [-0.4, -0.2) is 30.1 Å². The van der Waals surface area contributed by atoms with Gasteiger partial charge < -0.3 is 16.0 Å². The Morgan fingerprint density at radius 3 is 2.68 bits per heavy atom. The lowest BCUT2D eigenvalue weighted by Crippen LogP contribution is -2.37. The highest BCUT2D eigenvalue weighted by Gasteiger charge is 2.32. The average Bonchev–Trinajstić information content (AvgIpc) is 2.81. The predicted molar refractivity (Wildman–Crippen MR) is 76.9 cm³/mol. The average molecular weight is 261 g/mol. The largest absolute Gasteiger partial charge is 0.330 e. The van der Waals surface area contributed by atoms with Crippen LogP contribution in [0.5, 0.6) is 0 Å². The second-order valence-corrected chi connectivity index (χ2v) is 5.18. The highest BCUT2D eigenvalue weighted by atomic mass is 16.2. The van der Waals surface area contributed by atoms with Crippen molar-refractivity contribution in [1.29, 1.82) is 0 Å². The summed E-state index contributed by atoms with van der Waals surface area (Å²) in [7, 11) is 0. The van der Waals surface area contributed by atoms with E-state index in [1.165, 1.54) is 11.1 Å². The number of benzene rings is 1. The van der Waals surface area contributed by atoms with Crippen molar-refractivity contribution in [2.75, 3.05) is 13.1 Å². The van der Waals surface area contributed by atoms with Gasteiger partial charge in [0.15, 0.2) is 0 Å². The molecule has 0 radical (unpaired) electrons. The third kappa shape index (κ3) is 3.07. The normalized spacial score (nSPS) is 20.5. The van der Waals surface area contributed by atoms with Crippen LogP contribution in [-0.2, 0) is 6.42 Å². The first-order chi connectivity index (χ1) is 9.15. The van der Waals surface area contributed by atoms with E-state index in [0.717, 1.165) is 19.4 Å². The maximum atomic E-state index is 12.0. The van der Waals surface area contributed by atoms with Crippen molar-refractivity contribution in [3.8, 4) is 0 Å².